The van der Waals surface area contributed by atoms with Crippen molar-refractivity contribution in [2.45, 2.75) is 90.6 Å². The van der Waals surface area contributed by atoms with Crippen molar-refractivity contribution >= 4 is 5.97 Å². The van der Waals surface area contributed by atoms with Gasteiger partial charge in [-0.3, -0.25) is 4.79 Å². The summed E-state index contributed by atoms with van der Waals surface area (Å²) in [5.41, 5.74) is 1.55. The van der Waals surface area contributed by atoms with Crippen LogP contribution >= 0.6 is 0 Å². The lowest BCUT2D eigenvalue weighted by Gasteiger charge is -2.60. The van der Waals surface area contributed by atoms with E-state index in [1.54, 1.807) is 0 Å². The van der Waals surface area contributed by atoms with E-state index in [1.165, 1.54) is 64.9 Å². The topological polar surface area (TPSA) is 35.5 Å². The quantitative estimate of drug-likeness (QED) is 0.574. The van der Waals surface area contributed by atoms with Crippen LogP contribution in [0.25, 0.3) is 0 Å². The van der Waals surface area contributed by atoms with Crippen molar-refractivity contribution in [2.75, 3.05) is 14.2 Å². The summed E-state index contributed by atoms with van der Waals surface area (Å²) in [4.78, 5) is 11.5. The number of ether oxygens (including phenoxy) is 2. The molecule has 3 heteroatoms. The van der Waals surface area contributed by atoms with Crippen molar-refractivity contribution in [1.29, 1.82) is 0 Å². The van der Waals surface area contributed by atoms with Crippen LogP contribution in [0, 0.1) is 45.8 Å². The van der Waals surface area contributed by atoms with Crippen molar-refractivity contribution in [3.8, 4) is 0 Å². The Balaban J connectivity index is 1.35. The molecular formula is C25H40O3. The Morgan fingerprint density at radius 3 is 2.57 bits per heavy atom. The second-order valence-electron chi connectivity index (χ2n) is 11.5. The highest BCUT2D eigenvalue weighted by atomic mass is 16.5. The Labute approximate surface area is 171 Å². The van der Waals surface area contributed by atoms with E-state index in [4.69, 9.17) is 9.47 Å². The number of esters is 1. The Bertz CT molecular complexity index is 646. The van der Waals surface area contributed by atoms with Crippen molar-refractivity contribution in [2.24, 2.45) is 45.8 Å². The van der Waals surface area contributed by atoms with Gasteiger partial charge >= 0.3 is 5.97 Å². The molecule has 5 aliphatic rings. The van der Waals surface area contributed by atoms with Crippen LogP contribution in [0.5, 0.6) is 0 Å². The van der Waals surface area contributed by atoms with Crippen LogP contribution in [0.1, 0.15) is 84.5 Å². The Hall–Kier alpha value is -0.570. The van der Waals surface area contributed by atoms with Crippen LogP contribution in [-0.4, -0.2) is 26.3 Å². The van der Waals surface area contributed by atoms with E-state index in [-0.39, 0.29) is 5.97 Å². The second-order valence-corrected chi connectivity index (χ2v) is 11.5. The molecule has 0 saturated heterocycles. The summed E-state index contributed by atoms with van der Waals surface area (Å²) >= 11 is 0. The number of hydrogen-bond acceptors (Lipinski definition) is 3. The lowest BCUT2D eigenvalue weighted by atomic mass is 9.45. The highest BCUT2D eigenvalue weighted by molar-refractivity contribution is 5.68. The van der Waals surface area contributed by atoms with Gasteiger partial charge in [-0.25, -0.2) is 0 Å². The molecule has 3 nitrogen and oxygen atoms in total. The van der Waals surface area contributed by atoms with Gasteiger partial charge in [0.15, 0.2) is 0 Å². The fraction of sp³-hybridized carbons (Fsp3) is 0.960. The zero-order chi connectivity index (χ0) is 19.7. The molecule has 158 valence electrons. The first kappa shape index (κ1) is 19.4. The van der Waals surface area contributed by atoms with Gasteiger partial charge in [0.1, 0.15) is 0 Å². The number of rotatable bonds is 5. The molecular weight excluding hydrogens is 348 g/mol. The smallest absolute Gasteiger partial charge is 0.305 e. The summed E-state index contributed by atoms with van der Waals surface area (Å²) < 4.78 is 11.1. The highest BCUT2D eigenvalue weighted by Gasteiger charge is 2.77. The largest absolute Gasteiger partial charge is 0.469 e. The predicted molar refractivity (Wildman–Crippen MR) is 110 cm³/mol. The third kappa shape index (κ3) is 2.35. The molecule has 1 spiro atoms. The van der Waals surface area contributed by atoms with Gasteiger partial charge in [-0.2, -0.15) is 0 Å². The Morgan fingerprint density at radius 2 is 1.86 bits per heavy atom. The van der Waals surface area contributed by atoms with Crippen LogP contribution in [0.15, 0.2) is 0 Å². The maximum absolute atomic E-state index is 11.5. The molecule has 0 aromatic rings. The standard InChI is InChI=1S/C25H40O3/c1-23-12-11-20-18(19(23)9-8-16(23)6-5-7-22(26)28-4)14-21(27-3)25-15-17(25)10-13-24(20,25)2/h16-21H,5-15H2,1-4H3/t16?,17?,18?,19?,20?,21-,23-,24-,25?/m1/s1. The fourth-order valence-electron chi connectivity index (χ4n) is 9.76. The van der Waals surface area contributed by atoms with Gasteiger partial charge in [-0.1, -0.05) is 13.8 Å². The third-order valence-corrected chi connectivity index (χ3v) is 11.2. The van der Waals surface area contributed by atoms with Crippen molar-refractivity contribution in [1.82, 2.24) is 0 Å². The maximum atomic E-state index is 11.5. The lowest BCUT2D eigenvalue weighted by molar-refractivity contribution is -0.159. The third-order valence-electron chi connectivity index (χ3n) is 11.2. The van der Waals surface area contributed by atoms with Gasteiger partial charge in [-0.15, -0.1) is 0 Å². The summed E-state index contributed by atoms with van der Waals surface area (Å²) in [5.74, 6) is 4.38. The molecule has 5 aliphatic carbocycles. The van der Waals surface area contributed by atoms with E-state index >= 15 is 0 Å². The van der Waals surface area contributed by atoms with Crippen LogP contribution in [0.3, 0.4) is 0 Å². The SMILES string of the molecule is COC(=O)CCCC1CCC2C3C[C@@H](OC)C45CC4CC[C@]5(C)C3CC[C@]12C. The van der Waals surface area contributed by atoms with Crippen LogP contribution in [0.4, 0.5) is 0 Å². The minimum Gasteiger partial charge on any atom is -0.469 e. The van der Waals surface area contributed by atoms with Gasteiger partial charge in [-0.05, 0) is 105 Å². The summed E-state index contributed by atoms with van der Waals surface area (Å²) in [7, 11) is 3.49. The van der Waals surface area contributed by atoms with E-state index < -0.39 is 0 Å². The molecule has 0 aromatic heterocycles. The monoisotopic (exact) mass is 388 g/mol. The van der Waals surface area contributed by atoms with Crippen molar-refractivity contribution in [3.05, 3.63) is 0 Å². The van der Waals surface area contributed by atoms with Crippen LogP contribution in [0.2, 0.25) is 0 Å². The average Bonchev–Trinajstić information content (AvgIpc) is 3.22. The second kappa shape index (κ2) is 6.46. The first-order valence-electron chi connectivity index (χ1n) is 12.0. The zero-order valence-electron chi connectivity index (χ0n) is 18.5. The zero-order valence-corrected chi connectivity index (χ0v) is 18.5. The first-order chi connectivity index (χ1) is 13.4. The molecule has 6 unspecified atom stereocenters. The van der Waals surface area contributed by atoms with Crippen molar-refractivity contribution in [3.63, 3.8) is 0 Å². The molecule has 9 atom stereocenters. The van der Waals surface area contributed by atoms with Gasteiger partial charge in [0.2, 0.25) is 0 Å². The van der Waals surface area contributed by atoms with E-state index in [0.29, 0.717) is 28.8 Å². The molecule has 0 N–H and O–H groups in total. The van der Waals surface area contributed by atoms with Crippen LogP contribution < -0.4 is 0 Å². The van der Waals surface area contributed by atoms with E-state index in [0.717, 1.165) is 36.0 Å². The highest BCUT2D eigenvalue weighted by Crippen LogP contribution is 2.82. The molecule has 0 aromatic carbocycles. The molecule has 0 aliphatic heterocycles. The van der Waals surface area contributed by atoms with Gasteiger partial charge < -0.3 is 9.47 Å². The number of methoxy groups -OCH3 is 2. The summed E-state index contributed by atoms with van der Waals surface area (Å²) in [6.45, 7) is 5.26. The number of hydrogen-bond donors (Lipinski definition) is 0. The Morgan fingerprint density at radius 1 is 1.04 bits per heavy atom. The minimum absolute atomic E-state index is 0.0444. The van der Waals surface area contributed by atoms with Gasteiger partial charge in [0.25, 0.3) is 0 Å². The normalized spacial score (nSPS) is 53.7. The molecule has 5 fully saturated rings. The molecule has 28 heavy (non-hydrogen) atoms. The summed E-state index contributed by atoms with van der Waals surface area (Å²) in [6.07, 6.45) is 14.6. The first-order valence-corrected chi connectivity index (χ1v) is 12.0. The number of fused-ring (bicyclic) bond motifs is 4. The molecule has 5 rings (SSSR count). The molecule has 0 radical (unpaired) electrons. The van der Waals surface area contributed by atoms with E-state index in [9.17, 15) is 4.79 Å². The van der Waals surface area contributed by atoms with Crippen molar-refractivity contribution < 1.29 is 14.3 Å². The van der Waals surface area contributed by atoms with Gasteiger partial charge in [0, 0.05) is 18.9 Å². The number of carbonyl (C=O) groups excluding carboxylic acids is 1. The van der Waals surface area contributed by atoms with Gasteiger partial charge in [0.05, 0.1) is 13.2 Å². The molecule has 5 saturated carbocycles. The summed E-state index contributed by atoms with van der Waals surface area (Å²) in [5, 5.41) is 0. The molecule has 0 bridgehead atoms. The van der Waals surface area contributed by atoms with E-state index in [2.05, 4.69) is 13.8 Å². The van der Waals surface area contributed by atoms with E-state index in [1.807, 2.05) is 7.11 Å². The minimum atomic E-state index is -0.0444. The maximum Gasteiger partial charge on any atom is 0.305 e. The lowest BCUT2D eigenvalue weighted by Crippen LogP contribution is -2.56. The molecule has 0 heterocycles. The van der Waals surface area contributed by atoms with Crippen LogP contribution in [-0.2, 0) is 14.3 Å². The summed E-state index contributed by atoms with van der Waals surface area (Å²) in [6, 6.07) is 0. The molecule has 0 amide bonds. The fourth-order valence-corrected chi connectivity index (χ4v) is 9.76. The number of carbonyl (C=O) groups is 1. The Kier molecular flexibility index (Phi) is 4.48. The average molecular weight is 389 g/mol. The predicted octanol–water partition coefficient (Wildman–Crippen LogP) is 5.61.